The number of halogens is 2. The molecule has 0 bridgehead atoms. The van der Waals surface area contributed by atoms with Gasteiger partial charge in [-0.25, -0.2) is 0 Å². The lowest BCUT2D eigenvalue weighted by Gasteiger charge is -2.51. The summed E-state index contributed by atoms with van der Waals surface area (Å²) in [5.41, 5.74) is 1.50. The molecule has 1 aliphatic heterocycles. The van der Waals surface area contributed by atoms with Crippen molar-refractivity contribution in [3.63, 3.8) is 0 Å². The van der Waals surface area contributed by atoms with Gasteiger partial charge in [-0.05, 0) is 24.3 Å². The largest absolute Gasteiger partial charge is 0.347 e. The van der Waals surface area contributed by atoms with Crippen LogP contribution < -0.4 is 0 Å². The van der Waals surface area contributed by atoms with Gasteiger partial charge in [0.1, 0.15) is 0 Å². The molecular formula is C17H22Br2O2. The van der Waals surface area contributed by atoms with E-state index >= 15 is 0 Å². The molecule has 0 amide bonds. The van der Waals surface area contributed by atoms with Crippen LogP contribution in [-0.4, -0.2) is 28.7 Å². The maximum Gasteiger partial charge on any atom is 0.193 e. The second kappa shape index (κ2) is 5.95. The highest BCUT2D eigenvalue weighted by Gasteiger charge is 2.54. The Morgan fingerprint density at radius 1 is 0.952 bits per heavy atom. The molecule has 1 spiro atoms. The van der Waals surface area contributed by atoms with Crippen molar-refractivity contribution in [3.8, 4) is 0 Å². The highest BCUT2D eigenvalue weighted by molar-refractivity contribution is 9.10. The second-order valence-corrected chi connectivity index (χ2v) is 9.19. The fraction of sp³-hybridized carbons (Fsp3) is 0.647. The summed E-state index contributed by atoms with van der Waals surface area (Å²) >= 11 is 7.69. The Morgan fingerprint density at radius 3 is 2.00 bits per heavy atom. The molecule has 3 rings (SSSR count). The van der Waals surface area contributed by atoms with Crippen molar-refractivity contribution in [2.75, 3.05) is 13.2 Å². The first kappa shape index (κ1) is 16.0. The van der Waals surface area contributed by atoms with Crippen LogP contribution in [0.1, 0.15) is 38.2 Å². The van der Waals surface area contributed by atoms with E-state index in [-0.39, 0.29) is 15.1 Å². The zero-order valence-corrected chi connectivity index (χ0v) is 15.7. The molecule has 2 fully saturated rings. The van der Waals surface area contributed by atoms with Crippen LogP contribution in [0.25, 0.3) is 0 Å². The summed E-state index contributed by atoms with van der Waals surface area (Å²) < 4.78 is 12.4. The smallest absolute Gasteiger partial charge is 0.193 e. The molecule has 0 aromatic heterocycles. The number of hydrogen-bond acceptors (Lipinski definition) is 2. The molecular weight excluding hydrogens is 396 g/mol. The quantitative estimate of drug-likeness (QED) is 0.607. The minimum absolute atomic E-state index is 0.0982. The first-order valence-corrected chi connectivity index (χ1v) is 9.37. The lowest BCUT2D eigenvalue weighted by molar-refractivity contribution is -0.302. The molecule has 0 radical (unpaired) electrons. The number of rotatable bonds is 1. The SMILES string of the molecule is CC1(C)COC2(OC1)C(Br)CC(c1ccccc1)CC2Br. The fourth-order valence-electron chi connectivity index (χ4n) is 3.18. The summed E-state index contributed by atoms with van der Waals surface area (Å²) in [4.78, 5) is 0.397. The minimum atomic E-state index is -0.527. The zero-order chi connectivity index (χ0) is 15.1. The summed E-state index contributed by atoms with van der Waals surface area (Å²) in [5.74, 6) is 0.00793. The Bertz CT molecular complexity index is 465. The Kier molecular flexibility index (Phi) is 4.53. The van der Waals surface area contributed by atoms with E-state index in [0.717, 1.165) is 26.1 Å². The summed E-state index contributed by atoms with van der Waals surface area (Å²) in [5, 5.41) is 0. The van der Waals surface area contributed by atoms with Gasteiger partial charge in [-0.15, -0.1) is 0 Å². The number of alkyl halides is 2. The van der Waals surface area contributed by atoms with Gasteiger partial charge in [0.2, 0.25) is 0 Å². The molecule has 1 aromatic rings. The molecule has 116 valence electrons. The highest BCUT2D eigenvalue weighted by Crippen LogP contribution is 2.49. The lowest BCUT2D eigenvalue weighted by Crippen LogP contribution is -2.60. The van der Waals surface area contributed by atoms with Crippen LogP contribution in [0.2, 0.25) is 0 Å². The van der Waals surface area contributed by atoms with Crippen LogP contribution >= 0.6 is 31.9 Å². The molecule has 1 saturated heterocycles. The van der Waals surface area contributed by atoms with Gasteiger partial charge in [0, 0.05) is 5.41 Å². The minimum Gasteiger partial charge on any atom is -0.347 e. The average molecular weight is 418 g/mol. The van der Waals surface area contributed by atoms with Crippen LogP contribution in [0, 0.1) is 5.41 Å². The molecule has 4 heteroatoms. The van der Waals surface area contributed by atoms with Gasteiger partial charge in [-0.2, -0.15) is 0 Å². The van der Waals surface area contributed by atoms with Crippen LogP contribution in [0.5, 0.6) is 0 Å². The number of benzene rings is 1. The van der Waals surface area contributed by atoms with Crippen LogP contribution in [-0.2, 0) is 9.47 Å². The maximum absolute atomic E-state index is 6.21. The van der Waals surface area contributed by atoms with Crippen molar-refractivity contribution < 1.29 is 9.47 Å². The summed E-state index contributed by atoms with van der Waals surface area (Å²) in [6.45, 7) is 5.85. The Labute approximate surface area is 143 Å². The Balaban J connectivity index is 1.76. The lowest BCUT2D eigenvalue weighted by atomic mass is 9.80. The first-order valence-electron chi connectivity index (χ1n) is 7.54. The monoisotopic (exact) mass is 416 g/mol. The first-order chi connectivity index (χ1) is 9.93. The summed E-state index contributed by atoms with van der Waals surface area (Å²) in [6.07, 6.45) is 2.07. The summed E-state index contributed by atoms with van der Waals surface area (Å²) in [7, 11) is 0. The third kappa shape index (κ3) is 3.10. The van der Waals surface area contributed by atoms with Crippen LogP contribution in [0.3, 0.4) is 0 Å². The van der Waals surface area contributed by atoms with E-state index in [4.69, 9.17) is 9.47 Å². The van der Waals surface area contributed by atoms with Crippen molar-refractivity contribution in [3.05, 3.63) is 35.9 Å². The van der Waals surface area contributed by atoms with Crippen molar-refractivity contribution >= 4 is 31.9 Å². The van der Waals surface area contributed by atoms with Crippen LogP contribution in [0.4, 0.5) is 0 Å². The predicted molar refractivity (Wildman–Crippen MR) is 92.3 cm³/mol. The standard InChI is InChI=1S/C17H22Br2O2/c1-16(2)10-20-17(21-11-16)14(18)8-13(9-15(17)19)12-6-4-3-5-7-12/h3-7,13-15H,8-11H2,1-2H3. The van der Waals surface area contributed by atoms with Gasteiger partial charge in [0.25, 0.3) is 0 Å². The average Bonchev–Trinajstić information content (AvgIpc) is 2.47. The van der Waals surface area contributed by atoms with Gasteiger partial charge in [0.15, 0.2) is 5.79 Å². The molecule has 1 aromatic carbocycles. The van der Waals surface area contributed by atoms with E-state index in [2.05, 4.69) is 76.0 Å². The van der Waals surface area contributed by atoms with Gasteiger partial charge < -0.3 is 9.47 Å². The van der Waals surface area contributed by atoms with E-state index in [1.54, 1.807) is 0 Å². The summed E-state index contributed by atoms with van der Waals surface area (Å²) in [6, 6.07) is 10.7. The van der Waals surface area contributed by atoms with Crippen molar-refractivity contribution in [2.24, 2.45) is 5.41 Å². The second-order valence-electron chi connectivity index (χ2n) is 6.98. The Hall–Kier alpha value is 0.1000. The third-order valence-corrected chi connectivity index (χ3v) is 6.53. The number of hydrogen-bond donors (Lipinski definition) is 0. The molecule has 2 aliphatic rings. The van der Waals surface area contributed by atoms with Crippen LogP contribution in [0.15, 0.2) is 30.3 Å². The zero-order valence-electron chi connectivity index (χ0n) is 12.5. The molecule has 1 heterocycles. The molecule has 1 saturated carbocycles. The molecule has 21 heavy (non-hydrogen) atoms. The van der Waals surface area contributed by atoms with E-state index in [9.17, 15) is 0 Å². The molecule has 1 aliphatic carbocycles. The van der Waals surface area contributed by atoms with Gasteiger partial charge in [-0.1, -0.05) is 76.0 Å². The van der Waals surface area contributed by atoms with Gasteiger partial charge in [0.05, 0.1) is 22.9 Å². The molecule has 0 N–H and O–H groups in total. The van der Waals surface area contributed by atoms with Gasteiger partial charge >= 0.3 is 0 Å². The van der Waals surface area contributed by atoms with Crippen molar-refractivity contribution in [2.45, 2.75) is 48.0 Å². The topological polar surface area (TPSA) is 18.5 Å². The maximum atomic E-state index is 6.21. The number of ether oxygens (including phenoxy) is 2. The predicted octanol–water partition coefficient (Wildman–Crippen LogP) is 4.86. The third-order valence-electron chi connectivity index (χ3n) is 4.50. The van der Waals surface area contributed by atoms with Gasteiger partial charge in [-0.3, -0.25) is 0 Å². The normalized spacial score (nSPS) is 34.8. The van der Waals surface area contributed by atoms with E-state index in [1.807, 2.05) is 0 Å². The van der Waals surface area contributed by atoms with Crippen molar-refractivity contribution in [1.29, 1.82) is 0 Å². The van der Waals surface area contributed by atoms with E-state index in [1.165, 1.54) is 5.56 Å². The van der Waals surface area contributed by atoms with E-state index in [0.29, 0.717) is 5.92 Å². The Morgan fingerprint density at radius 2 is 1.48 bits per heavy atom. The molecule has 2 nitrogen and oxygen atoms in total. The fourth-order valence-corrected chi connectivity index (χ4v) is 5.60. The van der Waals surface area contributed by atoms with E-state index < -0.39 is 5.79 Å². The van der Waals surface area contributed by atoms with Crippen molar-refractivity contribution in [1.82, 2.24) is 0 Å². The molecule has 2 atom stereocenters. The highest BCUT2D eigenvalue weighted by atomic mass is 79.9. The molecule has 2 unspecified atom stereocenters.